The number of fused-ring (bicyclic) bond motifs is 5. The Morgan fingerprint density at radius 3 is 1.30 bits per heavy atom. The molecular weight excluding hydrogens is 392 g/mol. The SMILES string of the molecule is COC(=O)C1=C(C(=O)OC)[C@]2([C@]34C=C[C@H](C3)C(C(=O)OC)=C4C(=O)OC)C=C[C@@H]1C2. The van der Waals surface area contributed by atoms with E-state index in [1.54, 1.807) is 0 Å². The lowest BCUT2D eigenvalue weighted by atomic mass is 9.57. The minimum absolute atomic E-state index is 0.169. The third-order valence-electron chi connectivity index (χ3n) is 6.87. The number of ether oxygens (including phenoxy) is 4. The standard InChI is InChI=1S/C22H22O8/c1-27-17(23)13-11-5-7-21(9-11,15(13)19(25)29-3)22-8-6-12(10-22)14(18(24)28-2)16(22)20(26)30-4/h5-8,11-12H,9-10H2,1-4H3/t11-,12-,21-,22+/m1/s1. The molecule has 4 bridgehead atoms. The topological polar surface area (TPSA) is 105 Å². The number of carbonyl (C=O) groups excluding carboxylic acids is 4. The van der Waals surface area contributed by atoms with E-state index in [4.69, 9.17) is 18.9 Å². The fourth-order valence-electron chi connectivity index (χ4n) is 5.77. The van der Waals surface area contributed by atoms with Crippen LogP contribution in [0.4, 0.5) is 0 Å². The summed E-state index contributed by atoms with van der Waals surface area (Å²) >= 11 is 0. The second kappa shape index (κ2) is 6.68. The second-order valence-electron chi connectivity index (χ2n) is 7.83. The average Bonchev–Trinajstić information content (AvgIpc) is 3.53. The molecular formula is C22H22O8. The lowest BCUT2D eigenvalue weighted by Gasteiger charge is -2.43. The molecule has 4 atom stereocenters. The van der Waals surface area contributed by atoms with Crippen molar-refractivity contribution in [3.05, 3.63) is 46.6 Å². The number of esters is 4. The van der Waals surface area contributed by atoms with E-state index in [1.807, 2.05) is 24.3 Å². The maximum atomic E-state index is 12.9. The molecule has 0 spiro atoms. The van der Waals surface area contributed by atoms with Gasteiger partial charge in [0.25, 0.3) is 0 Å². The number of allylic oxidation sites excluding steroid dienone is 4. The van der Waals surface area contributed by atoms with Crippen molar-refractivity contribution in [2.24, 2.45) is 22.7 Å². The van der Waals surface area contributed by atoms with Crippen LogP contribution in [0.15, 0.2) is 46.6 Å². The highest BCUT2D eigenvalue weighted by Crippen LogP contribution is 2.71. The maximum absolute atomic E-state index is 12.9. The van der Waals surface area contributed by atoms with Gasteiger partial charge in [-0.1, -0.05) is 24.3 Å². The quantitative estimate of drug-likeness (QED) is 0.378. The number of hydrogen-bond donors (Lipinski definition) is 0. The predicted molar refractivity (Wildman–Crippen MR) is 101 cm³/mol. The summed E-state index contributed by atoms with van der Waals surface area (Å²) in [6.07, 6.45) is 8.17. The molecule has 4 aliphatic rings. The molecule has 4 rings (SSSR count). The van der Waals surface area contributed by atoms with Crippen molar-refractivity contribution in [2.45, 2.75) is 12.8 Å². The van der Waals surface area contributed by atoms with Crippen LogP contribution in [0.3, 0.4) is 0 Å². The van der Waals surface area contributed by atoms with Gasteiger partial charge in [0.2, 0.25) is 0 Å². The van der Waals surface area contributed by atoms with Crippen molar-refractivity contribution < 1.29 is 38.1 Å². The van der Waals surface area contributed by atoms with Crippen molar-refractivity contribution in [2.75, 3.05) is 28.4 Å². The van der Waals surface area contributed by atoms with Crippen LogP contribution in [0.25, 0.3) is 0 Å². The number of methoxy groups -OCH3 is 4. The summed E-state index contributed by atoms with van der Waals surface area (Å²) in [5, 5.41) is 0. The molecule has 8 heteroatoms. The van der Waals surface area contributed by atoms with Crippen LogP contribution in [0, 0.1) is 22.7 Å². The van der Waals surface area contributed by atoms with Gasteiger partial charge in [0.05, 0.1) is 50.7 Å². The Kier molecular flexibility index (Phi) is 4.48. The van der Waals surface area contributed by atoms with E-state index in [0.717, 1.165) is 0 Å². The molecule has 0 saturated heterocycles. The molecule has 0 fully saturated rings. The molecule has 0 saturated carbocycles. The van der Waals surface area contributed by atoms with Crippen LogP contribution >= 0.6 is 0 Å². The Balaban J connectivity index is 2.00. The summed E-state index contributed by atoms with van der Waals surface area (Å²) in [6, 6.07) is 0. The Labute approximate surface area is 173 Å². The molecule has 158 valence electrons. The monoisotopic (exact) mass is 414 g/mol. The Morgan fingerprint density at radius 1 is 0.667 bits per heavy atom. The molecule has 8 nitrogen and oxygen atoms in total. The minimum atomic E-state index is -1.04. The number of rotatable bonds is 5. The zero-order valence-electron chi connectivity index (χ0n) is 17.1. The van der Waals surface area contributed by atoms with E-state index < -0.39 is 34.7 Å². The van der Waals surface area contributed by atoms with Crippen molar-refractivity contribution in [1.82, 2.24) is 0 Å². The molecule has 0 N–H and O–H groups in total. The lowest BCUT2D eigenvalue weighted by Crippen LogP contribution is -2.43. The number of carbonyl (C=O) groups is 4. The van der Waals surface area contributed by atoms with Crippen molar-refractivity contribution >= 4 is 23.9 Å². The van der Waals surface area contributed by atoms with Gasteiger partial charge in [-0.2, -0.15) is 0 Å². The highest BCUT2D eigenvalue weighted by Gasteiger charge is 2.69. The molecule has 30 heavy (non-hydrogen) atoms. The third-order valence-corrected chi connectivity index (χ3v) is 6.87. The van der Waals surface area contributed by atoms with Gasteiger partial charge in [0, 0.05) is 22.7 Å². The van der Waals surface area contributed by atoms with Crippen LogP contribution < -0.4 is 0 Å². The number of hydrogen-bond acceptors (Lipinski definition) is 8. The summed E-state index contributed by atoms with van der Waals surface area (Å²) in [5.74, 6) is -3.26. The Hall–Kier alpha value is -3.16. The van der Waals surface area contributed by atoms with Crippen molar-refractivity contribution in [1.29, 1.82) is 0 Å². The normalized spacial score (nSPS) is 32.7. The smallest absolute Gasteiger partial charge is 0.335 e. The van der Waals surface area contributed by atoms with E-state index in [1.165, 1.54) is 28.4 Å². The molecule has 0 aromatic heterocycles. The molecule has 0 aliphatic heterocycles. The zero-order chi connectivity index (χ0) is 21.8. The summed E-state index contributed by atoms with van der Waals surface area (Å²) < 4.78 is 19.9. The van der Waals surface area contributed by atoms with E-state index in [2.05, 4.69) is 0 Å². The van der Waals surface area contributed by atoms with Gasteiger partial charge in [0.15, 0.2) is 0 Å². The molecule has 0 heterocycles. The highest BCUT2D eigenvalue weighted by molar-refractivity contribution is 6.08. The van der Waals surface area contributed by atoms with Gasteiger partial charge >= 0.3 is 23.9 Å². The van der Waals surface area contributed by atoms with Gasteiger partial charge in [-0.3, -0.25) is 0 Å². The summed E-state index contributed by atoms with van der Waals surface area (Å²) in [5.41, 5.74) is -1.29. The second-order valence-corrected chi connectivity index (χ2v) is 7.83. The third kappa shape index (κ3) is 2.21. The van der Waals surface area contributed by atoms with E-state index in [9.17, 15) is 19.2 Å². The fourth-order valence-corrected chi connectivity index (χ4v) is 5.77. The molecule has 0 aromatic rings. The lowest BCUT2D eigenvalue weighted by molar-refractivity contribution is -0.141. The highest BCUT2D eigenvalue weighted by atomic mass is 16.5. The largest absolute Gasteiger partial charge is 0.466 e. The van der Waals surface area contributed by atoms with Gasteiger partial charge in [-0.05, 0) is 12.8 Å². The minimum Gasteiger partial charge on any atom is -0.466 e. The van der Waals surface area contributed by atoms with Crippen LogP contribution in [0.2, 0.25) is 0 Å². The summed E-state index contributed by atoms with van der Waals surface area (Å²) in [7, 11) is 4.98. The van der Waals surface area contributed by atoms with Crippen molar-refractivity contribution in [3.63, 3.8) is 0 Å². The van der Waals surface area contributed by atoms with Gasteiger partial charge in [-0.25, -0.2) is 19.2 Å². The molecule has 0 amide bonds. The van der Waals surface area contributed by atoms with Gasteiger partial charge in [-0.15, -0.1) is 0 Å². The fraction of sp³-hybridized carbons (Fsp3) is 0.455. The first-order valence-corrected chi connectivity index (χ1v) is 9.53. The summed E-state index contributed by atoms with van der Waals surface area (Å²) in [6.45, 7) is 0. The van der Waals surface area contributed by atoms with E-state index in [0.29, 0.717) is 12.8 Å². The van der Waals surface area contributed by atoms with Crippen LogP contribution in [-0.4, -0.2) is 52.3 Å². The van der Waals surface area contributed by atoms with Crippen LogP contribution in [-0.2, 0) is 38.1 Å². The van der Waals surface area contributed by atoms with Gasteiger partial charge < -0.3 is 18.9 Å². The Morgan fingerprint density at radius 2 is 1.00 bits per heavy atom. The van der Waals surface area contributed by atoms with E-state index >= 15 is 0 Å². The average molecular weight is 414 g/mol. The Bertz CT molecular complexity index is 917. The first-order chi connectivity index (χ1) is 14.3. The van der Waals surface area contributed by atoms with Crippen LogP contribution in [0.1, 0.15) is 12.8 Å². The first-order valence-electron chi connectivity index (χ1n) is 9.53. The van der Waals surface area contributed by atoms with Crippen LogP contribution in [0.5, 0.6) is 0 Å². The maximum Gasteiger partial charge on any atom is 0.335 e. The zero-order valence-corrected chi connectivity index (χ0v) is 17.1. The molecule has 0 radical (unpaired) electrons. The molecule has 0 aromatic carbocycles. The molecule has 0 unspecified atom stereocenters. The molecule has 4 aliphatic carbocycles. The van der Waals surface area contributed by atoms with Crippen molar-refractivity contribution in [3.8, 4) is 0 Å². The van der Waals surface area contributed by atoms with Gasteiger partial charge in [0.1, 0.15) is 0 Å². The predicted octanol–water partition coefficient (Wildman–Crippen LogP) is 1.42. The summed E-state index contributed by atoms with van der Waals surface area (Å²) in [4.78, 5) is 51.0. The first kappa shape index (κ1) is 20.1. The van der Waals surface area contributed by atoms with E-state index in [-0.39, 0.29) is 34.1 Å².